The van der Waals surface area contributed by atoms with Crippen molar-refractivity contribution in [3.8, 4) is 0 Å². The second kappa shape index (κ2) is 4.13. The number of hydrogen-bond donors (Lipinski definition) is 2. The van der Waals surface area contributed by atoms with Crippen molar-refractivity contribution < 1.29 is 4.79 Å². The van der Waals surface area contributed by atoms with Gasteiger partial charge in [-0.1, -0.05) is 0 Å². The fraction of sp³-hybridized carbons (Fsp3) is 0.545. The van der Waals surface area contributed by atoms with E-state index >= 15 is 0 Å². The highest BCUT2D eigenvalue weighted by Gasteiger charge is 2.39. The zero-order valence-electron chi connectivity index (χ0n) is 8.70. The number of amides is 1. The highest BCUT2D eigenvalue weighted by atomic mass is 79.9. The summed E-state index contributed by atoms with van der Waals surface area (Å²) in [7, 11) is 0. The molecule has 2 fully saturated rings. The molecule has 0 aromatic carbocycles. The van der Waals surface area contributed by atoms with Gasteiger partial charge in [0.05, 0.1) is 8.66 Å². The first-order valence-corrected chi connectivity index (χ1v) is 7.15. The van der Waals surface area contributed by atoms with Gasteiger partial charge in [0.25, 0.3) is 5.91 Å². The maximum absolute atomic E-state index is 11.9. The van der Waals surface area contributed by atoms with E-state index in [-0.39, 0.29) is 5.91 Å². The van der Waals surface area contributed by atoms with Crippen molar-refractivity contribution in [3.05, 3.63) is 20.8 Å². The van der Waals surface area contributed by atoms with E-state index in [0.717, 1.165) is 15.1 Å². The normalized spacial score (nSPS) is 31.9. The molecule has 2 saturated heterocycles. The summed E-state index contributed by atoms with van der Waals surface area (Å²) in [5.74, 6) is 0.0649. The van der Waals surface area contributed by atoms with Crippen molar-refractivity contribution in [1.82, 2.24) is 10.6 Å². The SMILES string of the molecule is O=C(N[C@@H]1CC2CCC1N2)c1ccc(Br)s1. The molecule has 2 unspecified atom stereocenters. The maximum atomic E-state index is 11.9. The number of fused-ring (bicyclic) bond motifs is 2. The second-order valence-electron chi connectivity index (χ2n) is 4.47. The molecule has 1 aromatic heterocycles. The Balaban J connectivity index is 1.65. The molecule has 3 rings (SSSR count). The summed E-state index contributed by atoms with van der Waals surface area (Å²) in [5.41, 5.74) is 0. The van der Waals surface area contributed by atoms with E-state index in [1.165, 1.54) is 24.2 Å². The van der Waals surface area contributed by atoms with Gasteiger partial charge >= 0.3 is 0 Å². The van der Waals surface area contributed by atoms with E-state index in [4.69, 9.17) is 0 Å². The van der Waals surface area contributed by atoms with Gasteiger partial charge in [-0.25, -0.2) is 0 Å². The fourth-order valence-electron chi connectivity index (χ4n) is 2.66. The molecule has 0 radical (unpaired) electrons. The van der Waals surface area contributed by atoms with Crippen LogP contribution in [0.4, 0.5) is 0 Å². The number of nitrogens with one attached hydrogen (secondary N) is 2. The van der Waals surface area contributed by atoms with Gasteiger partial charge in [0.2, 0.25) is 0 Å². The fourth-order valence-corrected chi connectivity index (χ4v) is 3.95. The van der Waals surface area contributed by atoms with Crippen LogP contribution < -0.4 is 10.6 Å². The van der Waals surface area contributed by atoms with Crippen LogP contribution >= 0.6 is 27.3 Å². The van der Waals surface area contributed by atoms with Gasteiger partial charge in [-0.05, 0) is 47.3 Å². The van der Waals surface area contributed by atoms with Crippen molar-refractivity contribution >= 4 is 33.2 Å². The van der Waals surface area contributed by atoms with E-state index in [0.29, 0.717) is 18.1 Å². The minimum atomic E-state index is 0.0649. The van der Waals surface area contributed by atoms with E-state index in [1.807, 2.05) is 12.1 Å². The molecular formula is C11H13BrN2OS. The number of carbonyl (C=O) groups excluding carboxylic acids is 1. The Labute approximate surface area is 107 Å². The highest BCUT2D eigenvalue weighted by molar-refractivity contribution is 9.11. The lowest BCUT2D eigenvalue weighted by Gasteiger charge is -2.20. The average Bonchev–Trinajstić information content (AvgIpc) is 2.92. The summed E-state index contributed by atoms with van der Waals surface area (Å²) in [6.07, 6.45) is 3.55. The Morgan fingerprint density at radius 2 is 2.38 bits per heavy atom. The van der Waals surface area contributed by atoms with Crippen LogP contribution in [0.15, 0.2) is 15.9 Å². The molecule has 16 heavy (non-hydrogen) atoms. The zero-order valence-corrected chi connectivity index (χ0v) is 11.1. The first kappa shape index (κ1) is 10.7. The van der Waals surface area contributed by atoms with Gasteiger partial charge < -0.3 is 10.6 Å². The quantitative estimate of drug-likeness (QED) is 0.878. The summed E-state index contributed by atoms with van der Waals surface area (Å²) in [5, 5.41) is 6.65. The van der Waals surface area contributed by atoms with Crippen LogP contribution in [-0.2, 0) is 0 Å². The smallest absolute Gasteiger partial charge is 0.261 e. The molecule has 0 spiro atoms. The molecule has 3 nitrogen and oxygen atoms in total. The second-order valence-corrected chi connectivity index (χ2v) is 6.93. The third kappa shape index (κ3) is 1.92. The van der Waals surface area contributed by atoms with Crippen LogP contribution in [0.3, 0.4) is 0 Å². The van der Waals surface area contributed by atoms with Crippen molar-refractivity contribution in [2.24, 2.45) is 0 Å². The lowest BCUT2D eigenvalue weighted by Crippen LogP contribution is -2.42. The Morgan fingerprint density at radius 1 is 1.50 bits per heavy atom. The number of halogens is 1. The third-order valence-corrected chi connectivity index (χ3v) is 5.04. The topological polar surface area (TPSA) is 41.1 Å². The van der Waals surface area contributed by atoms with Crippen molar-refractivity contribution in [2.75, 3.05) is 0 Å². The molecule has 0 saturated carbocycles. The summed E-state index contributed by atoms with van der Waals surface area (Å²) in [4.78, 5) is 12.7. The minimum Gasteiger partial charge on any atom is -0.347 e. The monoisotopic (exact) mass is 300 g/mol. The molecule has 86 valence electrons. The largest absolute Gasteiger partial charge is 0.347 e. The van der Waals surface area contributed by atoms with Crippen molar-refractivity contribution in [2.45, 2.75) is 37.4 Å². The average molecular weight is 301 g/mol. The van der Waals surface area contributed by atoms with Crippen LogP contribution in [0.2, 0.25) is 0 Å². The number of hydrogen-bond acceptors (Lipinski definition) is 3. The van der Waals surface area contributed by atoms with Gasteiger partial charge in [-0.3, -0.25) is 4.79 Å². The summed E-state index contributed by atoms with van der Waals surface area (Å²) in [6, 6.07) is 5.23. The Bertz CT molecular complexity index is 420. The van der Waals surface area contributed by atoms with E-state index in [2.05, 4.69) is 26.6 Å². The van der Waals surface area contributed by atoms with Gasteiger partial charge in [0, 0.05) is 18.1 Å². The van der Waals surface area contributed by atoms with Crippen LogP contribution in [0.1, 0.15) is 28.9 Å². The zero-order chi connectivity index (χ0) is 11.1. The van der Waals surface area contributed by atoms with Gasteiger partial charge in [-0.15, -0.1) is 11.3 Å². The summed E-state index contributed by atoms with van der Waals surface area (Å²) < 4.78 is 1.00. The predicted octanol–water partition coefficient (Wildman–Crippen LogP) is 2.13. The van der Waals surface area contributed by atoms with Crippen LogP contribution in [0.25, 0.3) is 0 Å². The molecule has 5 heteroatoms. The number of rotatable bonds is 2. The van der Waals surface area contributed by atoms with Gasteiger partial charge in [0.1, 0.15) is 0 Å². The maximum Gasteiger partial charge on any atom is 0.261 e. The standard InChI is InChI=1S/C11H13BrN2OS/c12-10-4-3-9(16-10)11(15)14-8-5-6-1-2-7(8)13-6/h3-4,6-8,13H,1-2,5H2,(H,14,15)/t6?,7?,8-/m1/s1. The molecule has 2 aliphatic heterocycles. The van der Waals surface area contributed by atoms with E-state index in [9.17, 15) is 4.79 Å². The molecule has 2 aliphatic rings. The highest BCUT2D eigenvalue weighted by Crippen LogP contribution is 2.29. The van der Waals surface area contributed by atoms with Crippen LogP contribution in [0, 0.1) is 0 Å². The predicted molar refractivity (Wildman–Crippen MR) is 67.8 cm³/mol. The van der Waals surface area contributed by atoms with Crippen molar-refractivity contribution in [3.63, 3.8) is 0 Å². The number of thiophene rings is 1. The van der Waals surface area contributed by atoms with Gasteiger partial charge in [0.15, 0.2) is 0 Å². The molecule has 1 amide bonds. The van der Waals surface area contributed by atoms with E-state index in [1.54, 1.807) is 0 Å². The lowest BCUT2D eigenvalue weighted by atomic mass is 9.95. The Kier molecular flexibility index (Phi) is 2.77. The molecule has 1 aromatic rings. The van der Waals surface area contributed by atoms with E-state index < -0.39 is 0 Å². The Hall–Kier alpha value is -0.390. The summed E-state index contributed by atoms with van der Waals surface area (Å²) in [6.45, 7) is 0. The molecule has 3 heterocycles. The molecule has 2 bridgehead atoms. The van der Waals surface area contributed by atoms with Crippen molar-refractivity contribution in [1.29, 1.82) is 0 Å². The van der Waals surface area contributed by atoms with Crippen LogP contribution in [-0.4, -0.2) is 24.0 Å². The molecule has 3 atom stereocenters. The molecule has 2 N–H and O–H groups in total. The van der Waals surface area contributed by atoms with Crippen LogP contribution in [0.5, 0.6) is 0 Å². The number of carbonyl (C=O) groups is 1. The first-order chi connectivity index (χ1) is 7.72. The molecular weight excluding hydrogens is 288 g/mol. The Morgan fingerprint density at radius 3 is 2.94 bits per heavy atom. The third-order valence-electron chi connectivity index (χ3n) is 3.41. The summed E-state index contributed by atoms with van der Waals surface area (Å²) >= 11 is 4.86. The lowest BCUT2D eigenvalue weighted by molar-refractivity contribution is 0.0935. The molecule has 0 aliphatic carbocycles. The minimum absolute atomic E-state index is 0.0649. The van der Waals surface area contributed by atoms with Gasteiger partial charge in [-0.2, -0.15) is 0 Å². The first-order valence-electron chi connectivity index (χ1n) is 5.54.